The largest absolute Gasteiger partial charge is 0.312 e. The maximum absolute atomic E-state index is 11.0. The van der Waals surface area contributed by atoms with Crippen molar-refractivity contribution in [1.82, 2.24) is 10.3 Å². The average molecular weight is 248 g/mol. The van der Waals surface area contributed by atoms with Crippen LogP contribution in [0.2, 0.25) is 0 Å². The quantitative estimate of drug-likeness (QED) is 0.822. The van der Waals surface area contributed by atoms with Gasteiger partial charge in [0.05, 0.1) is 5.51 Å². The second-order valence-corrected chi connectivity index (χ2v) is 6.69. The van der Waals surface area contributed by atoms with Crippen LogP contribution in [0.25, 0.3) is 0 Å². The molecule has 1 N–H and O–H groups in total. The second-order valence-electron chi connectivity index (χ2n) is 3.52. The van der Waals surface area contributed by atoms with Gasteiger partial charge in [0.2, 0.25) is 0 Å². The van der Waals surface area contributed by atoms with Gasteiger partial charge in [-0.05, 0) is 19.9 Å². The van der Waals surface area contributed by atoms with Gasteiger partial charge in [0.1, 0.15) is 9.84 Å². The molecule has 15 heavy (non-hydrogen) atoms. The van der Waals surface area contributed by atoms with E-state index in [1.807, 2.05) is 13.2 Å². The van der Waals surface area contributed by atoms with E-state index in [0.29, 0.717) is 6.42 Å². The summed E-state index contributed by atoms with van der Waals surface area (Å²) in [6, 6.07) is 0.222. The van der Waals surface area contributed by atoms with Crippen LogP contribution in [0.15, 0.2) is 11.7 Å². The predicted molar refractivity (Wildman–Crippen MR) is 62.9 cm³/mol. The van der Waals surface area contributed by atoms with E-state index in [1.165, 1.54) is 6.26 Å². The lowest BCUT2D eigenvalue weighted by atomic mass is 10.1. The van der Waals surface area contributed by atoms with Crippen LogP contribution in [0.4, 0.5) is 0 Å². The van der Waals surface area contributed by atoms with Gasteiger partial charge < -0.3 is 5.32 Å². The Labute approximate surface area is 94.7 Å². The van der Waals surface area contributed by atoms with E-state index in [-0.39, 0.29) is 11.8 Å². The Kier molecular flexibility index (Phi) is 4.69. The number of hydrogen-bond acceptors (Lipinski definition) is 5. The molecule has 1 heterocycles. The normalized spacial score (nSPS) is 14.0. The SMILES string of the molecule is CNC(CCCS(C)(=O)=O)c1cncs1. The fraction of sp³-hybridized carbons (Fsp3) is 0.667. The molecule has 0 radical (unpaired) electrons. The van der Waals surface area contributed by atoms with Crippen molar-refractivity contribution in [3.8, 4) is 0 Å². The molecule has 0 aliphatic carbocycles. The van der Waals surface area contributed by atoms with E-state index >= 15 is 0 Å². The van der Waals surface area contributed by atoms with Crippen molar-refractivity contribution >= 4 is 21.2 Å². The first-order valence-corrected chi connectivity index (χ1v) is 7.70. The third-order valence-electron chi connectivity index (χ3n) is 2.15. The third-order valence-corrected chi connectivity index (χ3v) is 4.07. The van der Waals surface area contributed by atoms with Crippen LogP contribution in [-0.4, -0.2) is 32.5 Å². The minimum atomic E-state index is -2.84. The Balaban J connectivity index is 2.42. The Morgan fingerprint density at radius 2 is 2.33 bits per heavy atom. The summed E-state index contributed by atoms with van der Waals surface area (Å²) in [6.07, 6.45) is 4.61. The number of nitrogens with one attached hydrogen (secondary N) is 1. The highest BCUT2D eigenvalue weighted by atomic mass is 32.2. The lowest BCUT2D eigenvalue weighted by Crippen LogP contribution is -2.16. The van der Waals surface area contributed by atoms with Crippen molar-refractivity contribution in [2.45, 2.75) is 18.9 Å². The molecule has 0 fully saturated rings. The van der Waals surface area contributed by atoms with Crippen molar-refractivity contribution < 1.29 is 8.42 Å². The zero-order valence-electron chi connectivity index (χ0n) is 8.93. The summed E-state index contributed by atoms with van der Waals surface area (Å²) >= 11 is 1.59. The van der Waals surface area contributed by atoms with Crippen LogP contribution in [0, 0.1) is 0 Å². The Morgan fingerprint density at radius 3 is 2.80 bits per heavy atom. The molecule has 1 rings (SSSR count). The molecule has 0 aliphatic heterocycles. The van der Waals surface area contributed by atoms with E-state index < -0.39 is 9.84 Å². The first-order chi connectivity index (χ1) is 7.03. The number of sulfone groups is 1. The fourth-order valence-electron chi connectivity index (χ4n) is 1.38. The van der Waals surface area contributed by atoms with Gasteiger partial charge in [-0.25, -0.2) is 8.42 Å². The summed E-state index contributed by atoms with van der Waals surface area (Å²) in [5.74, 6) is 0.254. The van der Waals surface area contributed by atoms with Crippen molar-refractivity contribution in [3.05, 3.63) is 16.6 Å². The molecule has 0 amide bonds. The summed E-state index contributed by atoms with van der Waals surface area (Å²) in [5, 5.41) is 3.17. The number of hydrogen-bond donors (Lipinski definition) is 1. The molecular weight excluding hydrogens is 232 g/mol. The van der Waals surface area contributed by atoms with Crippen LogP contribution in [0.5, 0.6) is 0 Å². The van der Waals surface area contributed by atoms with Crippen LogP contribution in [-0.2, 0) is 9.84 Å². The molecule has 0 aromatic carbocycles. The average Bonchev–Trinajstić information content (AvgIpc) is 2.63. The summed E-state index contributed by atoms with van der Waals surface area (Å²) in [6.45, 7) is 0. The number of aromatic nitrogens is 1. The van der Waals surface area contributed by atoms with Gasteiger partial charge >= 0.3 is 0 Å². The number of thiazole rings is 1. The Hall–Kier alpha value is -0.460. The van der Waals surface area contributed by atoms with Crippen LogP contribution in [0.3, 0.4) is 0 Å². The maximum atomic E-state index is 11.0. The van der Waals surface area contributed by atoms with Gasteiger partial charge in [-0.15, -0.1) is 11.3 Å². The molecule has 0 bridgehead atoms. The second kappa shape index (κ2) is 5.58. The minimum absolute atomic E-state index is 0.222. The van der Waals surface area contributed by atoms with Gasteiger partial charge in [0.25, 0.3) is 0 Å². The summed E-state index contributed by atoms with van der Waals surface area (Å²) in [4.78, 5) is 5.17. The van der Waals surface area contributed by atoms with E-state index in [1.54, 1.807) is 16.8 Å². The zero-order chi connectivity index (χ0) is 11.3. The lowest BCUT2D eigenvalue weighted by Gasteiger charge is -2.13. The highest BCUT2D eigenvalue weighted by Gasteiger charge is 2.11. The Morgan fingerprint density at radius 1 is 1.60 bits per heavy atom. The maximum Gasteiger partial charge on any atom is 0.147 e. The monoisotopic (exact) mass is 248 g/mol. The van der Waals surface area contributed by atoms with Crippen molar-refractivity contribution in [2.75, 3.05) is 19.1 Å². The van der Waals surface area contributed by atoms with Gasteiger partial charge in [-0.3, -0.25) is 4.98 Å². The lowest BCUT2D eigenvalue weighted by molar-refractivity contribution is 0.543. The van der Waals surface area contributed by atoms with Gasteiger partial charge in [0.15, 0.2) is 0 Å². The smallest absolute Gasteiger partial charge is 0.147 e. The van der Waals surface area contributed by atoms with Crippen LogP contribution < -0.4 is 5.32 Å². The molecule has 0 spiro atoms. The molecule has 0 saturated carbocycles. The third kappa shape index (κ3) is 4.72. The predicted octanol–water partition coefficient (Wildman–Crippen LogP) is 1.23. The Bertz CT molecular complexity index is 373. The summed E-state index contributed by atoms with van der Waals surface area (Å²) < 4.78 is 21.9. The molecule has 0 saturated heterocycles. The highest BCUT2D eigenvalue weighted by Crippen LogP contribution is 2.21. The number of nitrogens with zero attached hydrogens (tertiary/aromatic N) is 1. The van der Waals surface area contributed by atoms with Crippen molar-refractivity contribution in [1.29, 1.82) is 0 Å². The topological polar surface area (TPSA) is 59.1 Å². The molecule has 1 atom stereocenters. The minimum Gasteiger partial charge on any atom is -0.312 e. The fourth-order valence-corrected chi connectivity index (χ4v) is 2.83. The van der Waals surface area contributed by atoms with Gasteiger partial charge in [-0.2, -0.15) is 0 Å². The van der Waals surface area contributed by atoms with E-state index in [0.717, 1.165) is 11.3 Å². The number of rotatable bonds is 6. The molecule has 4 nitrogen and oxygen atoms in total. The summed E-state index contributed by atoms with van der Waals surface area (Å²) in [5.41, 5.74) is 1.79. The molecule has 6 heteroatoms. The highest BCUT2D eigenvalue weighted by molar-refractivity contribution is 7.90. The molecule has 1 unspecified atom stereocenters. The standard InChI is InChI=1S/C9H16N2O2S2/c1-10-8(9-6-11-7-14-9)4-3-5-15(2,12)13/h6-8,10H,3-5H2,1-2H3. The molecular formula is C9H16N2O2S2. The molecule has 0 aliphatic rings. The van der Waals surface area contributed by atoms with E-state index in [9.17, 15) is 8.42 Å². The first-order valence-electron chi connectivity index (χ1n) is 4.76. The van der Waals surface area contributed by atoms with Gasteiger partial charge in [-0.1, -0.05) is 0 Å². The van der Waals surface area contributed by atoms with Crippen LogP contribution >= 0.6 is 11.3 Å². The van der Waals surface area contributed by atoms with E-state index in [2.05, 4.69) is 10.3 Å². The van der Waals surface area contributed by atoms with E-state index in [4.69, 9.17) is 0 Å². The van der Waals surface area contributed by atoms with Crippen LogP contribution in [0.1, 0.15) is 23.8 Å². The van der Waals surface area contributed by atoms with Gasteiger partial charge in [0, 0.05) is 29.1 Å². The summed E-state index contributed by atoms with van der Waals surface area (Å²) in [7, 11) is -0.957. The zero-order valence-corrected chi connectivity index (χ0v) is 10.6. The van der Waals surface area contributed by atoms with Crippen molar-refractivity contribution in [3.63, 3.8) is 0 Å². The molecule has 86 valence electrons. The molecule has 1 aromatic rings. The van der Waals surface area contributed by atoms with Crippen molar-refractivity contribution in [2.24, 2.45) is 0 Å². The first kappa shape index (κ1) is 12.6. The molecule has 1 aromatic heterocycles.